The van der Waals surface area contributed by atoms with Crippen LogP contribution >= 0.6 is 0 Å². The fourth-order valence-corrected chi connectivity index (χ4v) is 2.93. The summed E-state index contributed by atoms with van der Waals surface area (Å²) in [5.41, 5.74) is 1.47. The number of rotatable bonds is 6. The topological polar surface area (TPSA) is 58.6 Å². The molecule has 1 N–H and O–H groups in total. The van der Waals surface area contributed by atoms with Crippen LogP contribution in [0.3, 0.4) is 0 Å². The zero-order valence-electron chi connectivity index (χ0n) is 14.7. The lowest BCUT2D eigenvalue weighted by atomic mass is 10.1. The van der Waals surface area contributed by atoms with Crippen LogP contribution in [0.1, 0.15) is 24.8 Å². The Morgan fingerprint density at radius 2 is 2.00 bits per heavy atom. The summed E-state index contributed by atoms with van der Waals surface area (Å²) in [6.45, 7) is 0.837. The van der Waals surface area contributed by atoms with Crippen LogP contribution in [-0.4, -0.2) is 29.9 Å². The van der Waals surface area contributed by atoms with Gasteiger partial charge in [0.2, 0.25) is 5.91 Å². The van der Waals surface area contributed by atoms with Crippen LogP contribution in [0.15, 0.2) is 42.5 Å². The molecular formula is C20H20F2N2O3. The third-order valence-electron chi connectivity index (χ3n) is 4.26. The Morgan fingerprint density at radius 1 is 1.15 bits per heavy atom. The number of likely N-dealkylation sites (tertiary alicyclic amines) is 1. The number of halogens is 2. The van der Waals surface area contributed by atoms with Crippen molar-refractivity contribution in [3.63, 3.8) is 0 Å². The maximum atomic E-state index is 13.5. The Kier molecular flexibility index (Phi) is 6.01. The molecule has 0 radical (unpaired) electrons. The molecule has 1 saturated heterocycles. The number of ether oxygens (including phenoxy) is 1. The Balaban J connectivity index is 1.55. The zero-order valence-corrected chi connectivity index (χ0v) is 14.7. The van der Waals surface area contributed by atoms with E-state index in [1.807, 2.05) is 11.0 Å². The summed E-state index contributed by atoms with van der Waals surface area (Å²) in [7, 11) is 0. The Bertz CT molecular complexity index is 842. The minimum Gasteiger partial charge on any atom is -0.481 e. The lowest BCUT2D eigenvalue weighted by Gasteiger charge is -2.26. The molecule has 0 spiro atoms. The highest BCUT2D eigenvalue weighted by Gasteiger charge is 2.18. The van der Waals surface area contributed by atoms with E-state index >= 15 is 0 Å². The van der Waals surface area contributed by atoms with Gasteiger partial charge < -0.3 is 15.0 Å². The SMILES string of the molecule is O=C(COc1ccc(F)cc1F)Nc1cccc(CN2CCCCC2=O)c1. The van der Waals surface area contributed by atoms with E-state index < -0.39 is 24.1 Å². The summed E-state index contributed by atoms with van der Waals surface area (Å²) in [5, 5.41) is 2.67. The van der Waals surface area contributed by atoms with Gasteiger partial charge in [0.25, 0.3) is 5.91 Å². The van der Waals surface area contributed by atoms with Crippen molar-refractivity contribution in [3.05, 3.63) is 59.7 Å². The molecule has 1 aliphatic rings. The number of amides is 2. The van der Waals surface area contributed by atoms with E-state index in [1.165, 1.54) is 0 Å². The summed E-state index contributed by atoms with van der Waals surface area (Å²) in [6.07, 6.45) is 2.51. The molecule has 27 heavy (non-hydrogen) atoms. The number of carbonyl (C=O) groups is 2. The van der Waals surface area contributed by atoms with Crippen molar-refractivity contribution < 1.29 is 23.1 Å². The number of anilines is 1. The average molecular weight is 374 g/mol. The fraction of sp³-hybridized carbons (Fsp3) is 0.300. The predicted molar refractivity (Wildman–Crippen MR) is 96.2 cm³/mol. The molecule has 2 aromatic carbocycles. The van der Waals surface area contributed by atoms with Gasteiger partial charge in [-0.25, -0.2) is 8.78 Å². The van der Waals surface area contributed by atoms with Crippen LogP contribution in [0, 0.1) is 11.6 Å². The van der Waals surface area contributed by atoms with Crippen LogP contribution in [0.5, 0.6) is 5.75 Å². The van der Waals surface area contributed by atoms with Crippen molar-refractivity contribution in [1.29, 1.82) is 0 Å². The van der Waals surface area contributed by atoms with Gasteiger partial charge in [0.05, 0.1) is 0 Å². The van der Waals surface area contributed by atoms with E-state index in [9.17, 15) is 18.4 Å². The first-order chi connectivity index (χ1) is 13.0. The smallest absolute Gasteiger partial charge is 0.262 e. The Morgan fingerprint density at radius 3 is 2.78 bits per heavy atom. The highest BCUT2D eigenvalue weighted by Crippen LogP contribution is 2.19. The lowest BCUT2D eigenvalue weighted by Crippen LogP contribution is -2.34. The molecule has 0 unspecified atom stereocenters. The molecule has 1 aliphatic heterocycles. The van der Waals surface area contributed by atoms with Crippen molar-refractivity contribution in [2.75, 3.05) is 18.5 Å². The molecule has 3 rings (SSSR count). The van der Waals surface area contributed by atoms with Crippen molar-refractivity contribution in [3.8, 4) is 5.75 Å². The van der Waals surface area contributed by atoms with Crippen molar-refractivity contribution >= 4 is 17.5 Å². The third kappa shape index (κ3) is 5.26. The van der Waals surface area contributed by atoms with Gasteiger partial charge in [0, 0.05) is 31.3 Å². The number of piperidine rings is 1. The standard InChI is InChI=1S/C20H20F2N2O3/c21-15-7-8-18(17(22)11-15)27-13-19(25)23-16-5-3-4-14(10-16)12-24-9-2-1-6-20(24)26/h3-5,7-8,10-11H,1-2,6,9,12-13H2,(H,23,25). The van der Waals surface area contributed by atoms with Crippen molar-refractivity contribution in [2.45, 2.75) is 25.8 Å². The molecule has 5 nitrogen and oxygen atoms in total. The minimum atomic E-state index is -0.865. The van der Waals surface area contributed by atoms with E-state index in [4.69, 9.17) is 4.74 Å². The molecule has 2 amide bonds. The van der Waals surface area contributed by atoms with Gasteiger partial charge >= 0.3 is 0 Å². The van der Waals surface area contributed by atoms with Crippen LogP contribution in [0.25, 0.3) is 0 Å². The van der Waals surface area contributed by atoms with Crippen LogP contribution in [0.2, 0.25) is 0 Å². The molecule has 142 valence electrons. The first kappa shape index (κ1) is 18.8. The first-order valence-electron chi connectivity index (χ1n) is 8.76. The average Bonchev–Trinajstić information content (AvgIpc) is 2.63. The van der Waals surface area contributed by atoms with E-state index in [0.29, 0.717) is 24.7 Å². The third-order valence-corrected chi connectivity index (χ3v) is 4.26. The van der Waals surface area contributed by atoms with Gasteiger partial charge in [0.15, 0.2) is 18.2 Å². The molecule has 2 aromatic rings. The molecule has 1 fully saturated rings. The van der Waals surface area contributed by atoms with Crippen LogP contribution in [0.4, 0.5) is 14.5 Å². The highest BCUT2D eigenvalue weighted by molar-refractivity contribution is 5.92. The summed E-state index contributed by atoms with van der Waals surface area (Å²) in [4.78, 5) is 25.7. The maximum absolute atomic E-state index is 13.5. The van der Waals surface area contributed by atoms with Gasteiger partial charge in [-0.2, -0.15) is 0 Å². The number of nitrogens with one attached hydrogen (secondary N) is 1. The molecule has 0 saturated carbocycles. The summed E-state index contributed by atoms with van der Waals surface area (Å²) in [5.74, 6) is -2.09. The van der Waals surface area contributed by atoms with E-state index in [1.54, 1.807) is 18.2 Å². The predicted octanol–water partition coefficient (Wildman–Crippen LogP) is 3.49. The Labute approximate surface area is 155 Å². The number of hydrogen-bond donors (Lipinski definition) is 1. The lowest BCUT2D eigenvalue weighted by molar-refractivity contribution is -0.133. The summed E-state index contributed by atoms with van der Waals surface area (Å²) < 4.78 is 31.5. The second-order valence-corrected chi connectivity index (χ2v) is 6.38. The van der Waals surface area contributed by atoms with Crippen molar-refractivity contribution in [2.24, 2.45) is 0 Å². The second kappa shape index (κ2) is 8.62. The maximum Gasteiger partial charge on any atom is 0.262 e. The van der Waals surface area contributed by atoms with E-state index in [0.717, 1.165) is 37.1 Å². The summed E-state index contributed by atoms with van der Waals surface area (Å²) >= 11 is 0. The first-order valence-corrected chi connectivity index (χ1v) is 8.76. The monoisotopic (exact) mass is 374 g/mol. The van der Waals surface area contributed by atoms with Crippen molar-refractivity contribution in [1.82, 2.24) is 4.90 Å². The number of nitrogens with zero attached hydrogens (tertiary/aromatic N) is 1. The molecule has 0 aromatic heterocycles. The molecule has 7 heteroatoms. The molecule has 0 atom stereocenters. The normalized spacial score (nSPS) is 14.1. The largest absolute Gasteiger partial charge is 0.481 e. The quantitative estimate of drug-likeness (QED) is 0.842. The molecule has 1 heterocycles. The second-order valence-electron chi connectivity index (χ2n) is 6.38. The van der Waals surface area contributed by atoms with Gasteiger partial charge in [-0.1, -0.05) is 12.1 Å². The fourth-order valence-electron chi connectivity index (χ4n) is 2.93. The number of benzene rings is 2. The van der Waals surface area contributed by atoms with Gasteiger partial charge in [0.1, 0.15) is 5.82 Å². The highest BCUT2D eigenvalue weighted by atomic mass is 19.1. The Hall–Kier alpha value is -2.96. The molecule has 0 bridgehead atoms. The minimum absolute atomic E-state index is 0.144. The van der Waals surface area contributed by atoms with Crippen LogP contribution < -0.4 is 10.1 Å². The number of carbonyl (C=O) groups excluding carboxylic acids is 2. The van der Waals surface area contributed by atoms with Gasteiger partial charge in [-0.05, 0) is 42.7 Å². The summed E-state index contributed by atoms with van der Waals surface area (Å²) in [6, 6.07) is 10.1. The van der Waals surface area contributed by atoms with Gasteiger partial charge in [-0.3, -0.25) is 9.59 Å². The van der Waals surface area contributed by atoms with Gasteiger partial charge in [-0.15, -0.1) is 0 Å². The zero-order chi connectivity index (χ0) is 19.2. The van der Waals surface area contributed by atoms with E-state index in [2.05, 4.69) is 5.32 Å². The van der Waals surface area contributed by atoms with Crippen LogP contribution in [-0.2, 0) is 16.1 Å². The number of hydrogen-bond acceptors (Lipinski definition) is 3. The molecular weight excluding hydrogens is 354 g/mol. The molecule has 0 aliphatic carbocycles. The van der Waals surface area contributed by atoms with E-state index in [-0.39, 0.29) is 11.7 Å².